The van der Waals surface area contributed by atoms with Gasteiger partial charge in [-0.2, -0.15) is 0 Å². The molecule has 0 aliphatic rings. The zero-order valence-corrected chi connectivity index (χ0v) is 9.21. The van der Waals surface area contributed by atoms with E-state index in [0.717, 1.165) is 0 Å². The Hall–Kier alpha value is 1.08. The van der Waals surface area contributed by atoms with E-state index >= 15 is 0 Å². The maximum Gasteiger partial charge on any atom is 0.147 e. The SMILES string of the molecule is OCCC(Cl)(Cl)C(O)C(Cl)CCl. The van der Waals surface area contributed by atoms with Crippen LogP contribution in [0.2, 0.25) is 0 Å². The smallest absolute Gasteiger partial charge is 0.147 e. The number of rotatable bonds is 5. The number of aliphatic hydroxyl groups excluding tert-OH is 2. The lowest BCUT2D eigenvalue weighted by Crippen LogP contribution is -2.40. The largest absolute Gasteiger partial charge is 0.396 e. The third-order valence-electron chi connectivity index (χ3n) is 1.37. The zero-order chi connectivity index (χ0) is 9.78. The van der Waals surface area contributed by atoms with Crippen molar-refractivity contribution in [3.05, 3.63) is 0 Å². The molecule has 0 aromatic carbocycles. The molecule has 0 amide bonds. The molecule has 0 radical (unpaired) electrons. The van der Waals surface area contributed by atoms with E-state index in [1.807, 2.05) is 0 Å². The average Bonchev–Trinajstić information content (AvgIpc) is 2.01. The molecule has 0 aromatic rings. The lowest BCUT2D eigenvalue weighted by atomic mass is 10.1. The quantitative estimate of drug-likeness (QED) is 0.735. The molecular formula is C6H10Cl4O2. The predicted molar refractivity (Wildman–Crippen MR) is 52.5 cm³/mol. The van der Waals surface area contributed by atoms with E-state index in [1.165, 1.54) is 0 Å². The molecule has 6 heteroatoms. The summed E-state index contributed by atoms with van der Waals surface area (Å²) in [6, 6.07) is 0. The van der Waals surface area contributed by atoms with Gasteiger partial charge in [-0.3, -0.25) is 0 Å². The van der Waals surface area contributed by atoms with Crippen molar-refractivity contribution in [1.29, 1.82) is 0 Å². The van der Waals surface area contributed by atoms with Gasteiger partial charge in [-0.25, -0.2) is 0 Å². The van der Waals surface area contributed by atoms with E-state index in [2.05, 4.69) is 0 Å². The minimum absolute atomic E-state index is 0.0509. The summed E-state index contributed by atoms with van der Waals surface area (Å²) < 4.78 is -1.43. The van der Waals surface area contributed by atoms with Gasteiger partial charge in [0.25, 0.3) is 0 Å². The molecule has 0 saturated carbocycles. The van der Waals surface area contributed by atoms with Gasteiger partial charge in [-0.15, -0.1) is 23.2 Å². The van der Waals surface area contributed by atoms with Gasteiger partial charge in [0.1, 0.15) is 10.4 Å². The molecule has 74 valence electrons. The Morgan fingerprint density at radius 1 is 1.33 bits per heavy atom. The normalized spacial score (nSPS) is 17.5. The molecule has 2 unspecified atom stereocenters. The maximum atomic E-state index is 9.39. The van der Waals surface area contributed by atoms with Crippen LogP contribution in [-0.4, -0.2) is 38.5 Å². The number of aliphatic hydroxyl groups is 2. The third-order valence-corrected chi connectivity index (χ3v) is 3.08. The van der Waals surface area contributed by atoms with E-state index in [9.17, 15) is 5.11 Å². The summed E-state index contributed by atoms with van der Waals surface area (Å²) in [5.74, 6) is 0.0509. The molecule has 0 rings (SSSR count). The van der Waals surface area contributed by atoms with Gasteiger partial charge in [0.05, 0.1) is 5.38 Å². The van der Waals surface area contributed by atoms with E-state index < -0.39 is 15.8 Å². The molecule has 0 aliphatic heterocycles. The standard InChI is InChI=1S/C6H10Cl4O2/c7-3-4(8)5(12)6(9,10)1-2-11/h4-5,11-12H,1-3H2. The highest BCUT2D eigenvalue weighted by atomic mass is 35.5. The summed E-state index contributed by atoms with van der Waals surface area (Å²) in [7, 11) is 0. The highest BCUT2D eigenvalue weighted by molar-refractivity contribution is 6.49. The van der Waals surface area contributed by atoms with Gasteiger partial charge in [0, 0.05) is 18.9 Å². The van der Waals surface area contributed by atoms with Crippen LogP contribution in [0.1, 0.15) is 6.42 Å². The first-order chi connectivity index (χ1) is 5.45. The first-order valence-electron chi connectivity index (χ1n) is 3.32. The van der Waals surface area contributed by atoms with Gasteiger partial charge in [-0.1, -0.05) is 23.2 Å². The minimum atomic E-state index is -1.43. The Morgan fingerprint density at radius 2 is 1.83 bits per heavy atom. The van der Waals surface area contributed by atoms with Crippen LogP contribution < -0.4 is 0 Å². The highest BCUT2D eigenvalue weighted by Gasteiger charge is 2.37. The molecule has 0 aliphatic carbocycles. The summed E-state index contributed by atoms with van der Waals surface area (Å²) in [6.45, 7) is -0.212. The highest BCUT2D eigenvalue weighted by Crippen LogP contribution is 2.32. The van der Waals surface area contributed by atoms with E-state index in [1.54, 1.807) is 0 Å². The molecule has 0 bridgehead atoms. The minimum Gasteiger partial charge on any atom is -0.396 e. The van der Waals surface area contributed by atoms with Crippen LogP contribution in [0.4, 0.5) is 0 Å². The van der Waals surface area contributed by atoms with Crippen LogP contribution in [0.15, 0.2) is 0 Å². The molecule has 12 heavy (non-hydrogen) atoms. The van der Waals surface area contributed by atoms with Crippen LogP contribution in [0, 0.1) is 0 Å². The van der Waals surface area contributed by atoms with Crippen molar-refractivity contribution in [3.63, 3.8) is 0 Å². The van der Waals surface area contributed by atoms with Gasteiger partial charge < -0.3 is 10.2 Å². The lowest BCUT2D eigenvalue weighted by molar-refractivity contribution is 0.139. The predicted octanol–water partition coefficient (Wildman–Crippen LogP) is 1.75. The van der Waals surface area contributed by atoms with Crippen molar-refractivity contribution in [3.8, 4) is 0 Å². The van der Waals surface area contributed by atoms with Gasteiger partial charge in [0.15, 0.2) is 0 Å². The summed E-state index contributed by atoms with van der Waals surface area (Å²) in [5.41, 5.74) is 0. The van der Waals surface area contributed by atoms with Gasteiger partial charge in [0.2, 0.25) is 0 Å². The molecule has 0 aromatic heterocycles. The fourth-order valence-electron chi connectivity index (χ4n) is 0.646. The molecule has 2 nitrogen and oxygen atoms in total. The number of hydrogen-bond acceptors (Lipinski definition) is 2. The first kappa shape index (κ1) is 13.1. The van der Waals surface area contributed by atoms with Gasteiger partial charge in [-0.05, 0) is 0 Å². The fourth-order valence-corrected chi connectivity index (χ4v) is 1.63. The molecule has 0 saturated heterocycles. The van der Waals surface area contributed by atoms with Crippen LogP contribution in [0.5, 0.6) is 0 Å². The van der Waals surface area contributed by atoms with E-state index in [0.29, 0.717) is 0 Å². The van der Waals surface area contributed by atoms with Crippen molar-refractivity contribution in [2.75, 3.05) is 12.5 Å². The second-order valence-electron chi connectivity index (χ2n) is 2.35. The summed E-state index contributed by atoms with van der Waals surface area (Å²) in [4.78, 5) is 0. The second kappa shape index (κ2) is 5.74. The first-order valence-corrected chi connectivity index (χ1v) is 5.05. The van der Waals surface area contributed by atoms with Crippen molar-refractivity contribution in [2.24, 2.45) is 0 Å². The Balaban J connectivity index is 4.13. The topological polar surface area (TPSA) is 40.5 Å². The molecule has 0 heterocycles. The van der Waals surface area contributed by atoms with Crippen molar-refractivity contribution >= 4 is 46.4 Å². The Labute approximate surface area is 91.4 Å². The Bertz CT molecular complexity index is 131. The van der Waals surface area contributed by atoms with Crippen molar-refractivity contribution in [1.82, 2.24) is 0 Å². The van der Waals surface area contributed by atoms with Crippen LogP contribution in [0.25, 0.3) is 0 Å². The summed E-state index contributed by atoms with van der Waals surface area (Å²) in [6.07, 6.45) is -1.09. The van der Waals surface area contributed by atoms with E-state index in [4.69, 9.17) is 51.5 Å². The average molecular weight is 256 g/mol. The van der Waals surface area contributed by atoms with Gasteiger partial charge >= 0.3 is 0 Å². The zero-order valence-electron chi connectivity index (χ0n) is 6.18. The fraction of sp³-hybridized carbons (Fsp3) is 1.00. The lowest BCUT2D eigenvalue weighted by Gasteiger charge is -2.27. The summed E-state index contributed by atoms with van der Waals surface area (Å²) >= 11 is 22.3. The molecule has 2 atom stereocenters. The number of alkyl halides is 4. The van der Waals surface area contributed by atoms with E-state index in [-0.39, 0.29) is 18.9 Å². The van der Waals surface area contributed by atoms with Crippen LogP contribution in [0.3, 0.4) is 0 Å². The number of hydrogen-bond donors (Lipinski definition) is 2. The Morgan fingerprint density at radius 3 is 2.17 bits per heavy atom. The van der Waals surface area contributed by atoms with Crippen LogP contribution in [-0.2, 0) is 0 Å². The molecule has 0 fully saturated rings. The molecule has 0 spiro atoms. The van der Waals surface area contributed by atoms with Crippen molar-refractivity contribution < 1.29 is 10.2 Å². The summed E-state index contributed by atoms with van der Waals surface area (Å²) in [5, 5.41) is 17.2. The Kier molecular flexibility index (Phi) is 6.25. The van der Waals surface area contributed by atoms with Crippen molar-refractivity contribution in [2.45, 2.75) is 22.2 Å². The van der Waals surface area contributed by atoms with Crippen LogP contribution >= 0.6 is 46.4 Å². The monoisotopic (exact) mass is 254 g/mol. The second-order valence-corrected chi connectivity index (χ2v) is 4.76. The molecule has 2 N–H and O–H groups in total. The third kappa shape index (κ3) is 3.86. The molecular weight excluding hydrogens is 246 g/mol. The maximum absolute atomic E-state index is 9.39. The number of halogens is 4.